The average molecular weight is 432 g/mol. The second kappa shape index (κ2) is 8.96. The molecule has 10 heteroatoms. The Morgan fingerprint density at radius 2 is 1.72 bits per heavy atom. The van der Waals surface area contributed by atoms with E-state index in [0.29, 0.717) is 17.1 Å². The van der Waals surface area contributed by atoms with Crippen LogP contribution >= 0.6 is 0 Å². The van der Waals surface area contributed by atoms with E-state index < -0.39 is 16.7 Å². The van der Waals surface area contributed by atoms with Gasteiger partial charge in [-0.3, -0.25) is 19.7 Å². The Kier molecular flexibility index (Phi) is 5.75. The van der Waals surface area contributed by atoms with Gasteiger partial charge >= 0.3 is 0 Å². The molecule has 1 aliphatic heterocycles. The molecule has 3 aromatic rings. The van der Waals surface area contributed by atoms with E-state index in [9.17, 15) is 19.7 Å². The number of nitrogens with zero attached hydrogens (tertiary/aromatic N) is 2. The largest absolute Gasteiger partial charge is 0.454 e. The fraction of sp³-hybridized carbons (Fsp3) is 0.0455. The molecule has 0 unspecified atom stereocenters. The quantitative estimate of drug-likeness (QED) is 0.349. The number of carbonyl (C=O) groups is 2. The normalized spacial score (nSPS) is 11.9. The molecule has 0 atom stereocenters. The number of fused-ring (bicyclic) bond motifs is 1. The van der Waals surface area contributed by atoms with Crippen molar-refractivity contribution in [3.05, 3.63) is 93.5 Å². The third-order valence-electron chi connectivity index (χ3n) is 4.54. The number of hydrazone groups is 1. The van der Waals surface area contributed by atoms with Gasteiger partial charge in [-0.15, -0.1) is 0 Å². The topological polar surface area (TPSA) is 132 Å². The molecule has 0 aromatic heterocycles. The molecule has 0 radical (unpaired) electrons. The van der Waals surface area contributed by atoms with Crippen molar-refractivity contribution in [3.63, 3.8) is 0 Å². The summed E-state index contributed by atoms with van der Waals surface area (Å²) in [5.41, 5.74) is 3.68. The molecule has 10 nitrogen and oxygen atoms in total. The predicted octanol–water partition coefficient (Wildman–Crippen LogP) is 3.34. The molecule has 0 saturated heterocycles. The standard InChI is InChI=1S/C22H16N4O6/c27-21(15-6-8-16(9-7-15)26(29)30)24-18-4-2-1-3-17(18)22(28)25-23-12-14-5-10-19-20(11-14)32-13-31-19/h1-12H,13H2,(H,24,27)(H,25,28)/b23-12+. The summed E-state index contributed by atoms with van der Waals surface area (Å²) in [5.74, 6) is 0.203. The third-order valence-corrected chi connectivity index (χ3v) is 4.54. The minimum Gasteiger partial charge on any atom is -0.454 e. The minimum atomic E-state index is -0.550. The summed E-state index contributed by atoms with van der Waals surface area (Å²) in [5, 5.41) is 17.3. The molecule has 0 spiro atoms. The fourth-order valence-electron chi connectivity index (χ4n) is 2.94. The summed E-state index contributed by atoms with van der Waals surface area (Å²) < 4.78 is 10.5. The number of amides is 2. The number of anilines is 1. The van der Waals surface area contributed by atoms with E-state index in [1.54, 1.807) is 36.4 Å². The van der Waals surface area contributed by atoms with Gasteiger partial charge in [0.1, 0.15) is 0 Å². The van der Waals surface area contributed by atoms with Crippen LogP contribution in [0, 0.1) is 10.1 Å². The molecule has 0 bridgehead atoms. The Bertz CT molecular complexity index is 1220. The number of rotatable bonds is 6. The van der Waals surface area contributed by atoms with E-state index in [0.717, 1.165) is 0 Å². The first-order valence-corrected chi connectivity index (χ1v) is 9.39. The summed E-state index contributed by atoms with van der Waals surface area (Å²) in [7, 11) is 0. The van der Waals surface area contributed by atoms with Crippen LogP contribution in [-0.4, -0.2) is 29.7 Å². The molecular weight excluding hydrogens is 416 g/mol. The van der Waals surface area contributed by atoms with E-state index >= 15 is 0 Å². The van der Waals surface area contributed by atoms with Crippen LogP contribution in [0.3, 0.4) is 0 Å². The number of ether oxygens (including phenoxy) is 2. The van der Waals surface area contributed by atoms with Crippen molar-refractivity contribution >= 4 is 29.4 Å². The number of nitrogens with one attached hydrogen (secondary N) is 2. The lowest BCUT2D eigenvalue weighted by Gasteiger charge is -2.10. The number of para-hydroxylation sites is 1. The summed E-state index contributed by atoms with van der Waals surface area (Å²) >= 11 is 0. The van der Waals surface area contributed by atoms with E-state index in [2.05, 4.69) is 15.8 Å². The lowest BCUT2D eigenvalue weighted by molar-refractivity contribution is -0.384. The number of carbonyl (C=O) groups excluding carboxylic acids is 2. The van der Waals surface area contributed by atoms with Gasteiger partial charge in [0.2, 0.25) is 6.79 Å². The summed E-state index contributed by atoms with van der Waals surface area (Å²) in [6, 6.07) is 16.8. The van der Waals surface area contributed by atoms with Crippen LogP contribution in [-0.2, 0) is 0 Å². The second-order valence-corrected chi connectivity index (χ2v) is 6.62. The van der Waals surface area contributed by atoms with Crippen molar-refractivity contribution in [1.29, 1.82) is 0 Å². The monoisotopic (exact) mass is 432 g/mol. The maximum atomic E-state index is 12.6. The minimum absolute atomic E-state index is 0.123. The molecule has 2 N–H and O–H groups in total. The van der Waals surface area contributed by atoms with Crippen molar-refractivity contribution < 1.29 is 24.0 Å². The summed E-state index contributed by atoms with van der Waals surface area (Å²) in [4.78, 5) is 35.3. The lowest BCUT2D eigenvalue weighted by atomic mass is 10.1. The number of benzene rings is 3. The summed E-state index contributed by atoms with van der Waals surface area (Å²) in [6.45, 7) is 0.162. The zero-order valence-corrected chi connectivity index (χ0v) is 16.5. The molecule has 1 aliphatic rings. The van der Waals surface area contributed by atoms with Gasteiger partial charge in [-0.1, -0.05) is 12.1 Å². The van der Waals surface area contributed by atoms with Crippen LogP contribution in [0.5, 0.6) is 11.5 Å². The molecule has 0 fully saturated rings. The Hall–Kier alpha value is -4.73. The van der Waals surface area contributed by atoms with E-state index in [4.69, 9.17) is 9.47 Å². The maximum Gasteiger partial charge on any atom is 0.273 e. The van der Waals surface area contributed by atoms with Crippen LogP contribution in [0.2, 0.25) is 0 Å². The molecule has 0 saturated carbocycles. The van der Waals surface area contributed by atoms with E-state index in [1.165, 1.54) is 36.5 Å². The Balaban J connectivity index is 1.43. The molecule has 32 heavy (non-hydrogen) atoms. The van der Waals surface area contributed by atoms with Gasteiger partial charge in [0.05, 0.1) is 22.4 Å². The second-order valence-electron chi connectivity index (χ2n) is 6.62. The van der Waals surface area contributed by atoms with Crippen molar-refractivity contribution in [2.24, 2.45) is 5.10 Å². The average Bonchev–Trinajstić information content (AvgIpc) is 3.27. The van der Waals surface area contributed by atoms with E-state index in [1.807, 2.05) is 0 Å². The van der Waals surface area contributed by atoms with Gasteiger partial charge < -0.3 is 14.8 Å². The highest BCUT2D eigenvalue weighted by molar-refractivity contribution is 6.09. The zero-order valence-electron chi connectivity index (χ0n) is 16.5. The molecular formula is C22H16N4O6. The highest BCUT2D eigenvalue weighted by Crippen LogP contribution is 2.32. The number of non-ortho nitro benzene ring substituents is 1. The van der Waals surface area contributed by atoms with E-state index in [-0.39, 0.29) is 29.3 Å². The van der Waals surface area contributed by atoms with Gasteiger partial charge in [0, 0.05) is 17.7 Å². The van der Waals surface area contributed by atoms with Crippen LogP contribution < -0.4 is 20.2 Å². The third kappa shape index (κ3) is 4.54. The number of nitro groups is 1. The predicted molar refractivity (Wildman–Crippen MR) is 115 cm³/mol. The van der Waals surface area contributed by atoms with Gasteiger partial charge in [-0.2, -0.15) is 5.10 Å². The first-order valence-electron chi connectivity index (χ1n) is 9.39. The molecule has 2 amide bonds. The van der Waals surface area contributed by atoms with Crippen LogP contribution in [0.1, 0.15) is 26.3 Å². The SMILES string of the molecule is O=C(Nc1ccccc1C(=O)N/N=C/c1ccc2c(c1)OCO2)c1ccc([N+](=O)[O-])cc1. The maximum absolute atomic E-state index is 12.6. The van der Waals surface area contributed by atoms with Gasteiger partial charge in [0.25, 0.3) is 17.5 Å². The molecule has 160 valence electrons. The van der Waals surface area contributed by atoms with Crippen LogP contribution in [0.25, 0.3) is 0 Å². The highest BCUT2D eigenvalue weighted by atomic mass is 16.7. The highest BCUT2D eigenvalue weighted by Gasteiger charge is 2.15. The molecule has 4 rings (SSSR count). The smallest absolute Gasteiger partial charge is 0.273 e. The van der Waals surface area contributed by atoms with Gasteiger partial charge in [0.15, 0.2) is 11.5 Å². The number of hydrogen-bond donors (Lipinski definition) is 2. The van der Waals surface area contributed by atoms with Crippen molar-refractivity contribution in [2.75, 3.05) is 12.1 Å². The Labute approximate surface area is 181 Å². The summed E-state index contributed by atoms with van der Waals surface area (Å²) in [6.07, 6.45) is 1.46. The van der Waals surface area contributed by atoms with Crippen LogP contribution in [0.15, 0.2) is 71.8 Å². The molecule has 0 aliphatic carbocycles. The Morgan fingerprint density at radius 3 is 2.50 bits per heavy atom. The van der Waals surface area contributed by atoms with Crippen molar-refractivity contribution in [2.45, 2.75) is 0 Å². The zero-order chi connectivity index (χ0) is 22.5. The lowest BCUT2D eigenvalue weighted by Crippen LogP contribution is -2.21. The van der Waals surface area contributed by atoms with Crippen LogP contribution in [0.4, 0.5) is 11.4 Å². The molecule has 3 aromatic carbocycles. The molecule has 1 heterocycles. The van der Waals surface area contributed by atoms with Crippen molar-refractivity contribution in [3.8, 4) is 11.5 Å². The fourth-order valence-corrected chi connectivity index (χ4v) is 2.94. The van der Waals surface area contributed by atoms with Gasteiger partial charge in [-0.05, 0) is 48.0 Å². The van der Waals surface area contributed by atoms with Crippen molar-refractivity contribution in [1.82, 2.24) is 5.43 Å². The number of nitro benzene ring substituents is 1. The van der Waals surface area contributed by atoms with Gasteiger partial charge in [-0.25, -0.2) is 5.43 Å². The number of hydrogen-bond acceptors (Lipinski definition) is 7. The Morgan fingerprint density at radius 1 is 0.969 bits per heavy atom. The first kappa shape index (κ1) is 20.5. The first-order chi connectivity index (χ1) is 15.5.